The van der Waals surface area contributed by atoms with Gasteiger partial charge in [-0.2, -0.15) is 5.10 Å². The summed E-state index contributed by atoms with van der Waals surface area (Å²) >= 11 is 1.34. The number of hydrogen-bond acceptors (Lipinski definition) is 5. The van der Waals surface area contributed by atoms with Crippen LogP contribution in [-0.2, 0) is 18.4 Å². The number of aryl methyl sites for hydroxylation is 2. The molecule has 1 amide bonds. The van der Waals surface area contributed by atoms with Crippen LogP contribution < -0.4 is 5.32 Å². The van der Waals surface area contributed by atoms with E-state index in [-0.39, 0.29) is 11.7 Å². The monoisotopic (exact) mass is 306 g/mol. The van der Waals surface area contributed by atoms with Gasteiger partial charge in [-0.1, -0.05) is 17.8 Å². The SMILES string of the molecule is C=CCn1cnnc1SCC(=O)Nc1c(C)nn(C)c1C. The molecule has 0 radical (unpaired) electrons. The Morgan fingerprint density at radius 1 is 1.52 bits per heavy atom. The topological polar surface area (TPSA) is 77.6 Å². The van der Waals surface area contributed by atoms with Crippen LogP contribution in [0.5, 0.6) is 0 Å². The van der Waals surface area contributed by atoms with Gasteiger partial charge in [0.15, 0.2) is 5.16 Å². The number of nitrogens with zero attached hydrogens (tertiary/aromatic N) is 5. The van der Waals surface area contributed by atoms with Crippen LogP contribution in [0.25, 0.3) is 0 Å². The van der Waals surface area contributed by atoms with E-state index in [1.54, 1.807) is 17.1 Å². The molecule has 2 heterocycles. The molecule has 2 rings (SSSR count). The molecule has 0 aliphatic heterocycles. The molecule has 0 aliphatic rings. The number of nitrogens with one attached hydrogen (secondary N) is 1. The first kappa shape index (κ1) is 15.3. The summed E-state index contributed by atoms with van der Waals surface area (Å²) in [5, 5.41) is 15.7. The number of hydrogen-bond donors (Lipinski definition) is 1. The number of aromatic nitrogens is 5. The van der Waals surface area contributed by atoms with Gasteiger partial charge in [0, 0.05) is 13.6 Å². The van der Waals surface area contributed by atoms with Gasteiger partial charge < -0.3 is 9.88 Å². The van der Waals surface area contributed by atoms with Crippen LogP contribution in [-0.4, -0.2) is 36.2 Å². The summed E-state index contributed by atoms with van der Waals surface area (Å²) in [7, 11) is 1.85. The largest absolute Gasteiger partial charge is 0.322 e. The third-order valence-corrected chi connectivity index (χ3v) is 3.99. The lowest BCUT2D eigenvalue weighted by Crippen LogP contribution is -2.15. The summed E-state index contributed by atoms with van der Waals surface area (Å²) in [6.45, 7) is 8.09. The number of carbonyl (C=O) groups is 1. The lowest BCUT2D eigenvalue weighted by molar-refractivity contribution is -0.113. The molecule has 1 N–H and O–H groups in total. The Kier molecular flexibility index (Phi) is 4.79. The van der Waals surface area contributed by atoms with Crippen LogP contribution in [0.4, 0.5) is 5.69 Å². The standard InChI is InChI=1S/C13H18N6OS/c1-5-6-19-8-14-16-13(19)21-7-11(20)15-12-9(2)17-18(4)10(12)3/h5,8H,1,6-7H2,2-4H3,(H,15,20). The van der Waals surface area contributed by atoms with Gasteiger partial charge in [-0.15, -0.1) is 16.8 Å². The highest BCUT2D eigenvalue weighted by Gasteiger charge is 2.13. The average molecular weight is 306 g/mol. The molecular formula is C13H18N6OS. The summed E-state index contributed by atoms with van der Waals surface area (Å²) in [4.78, 5) is 12.0. The number of thioether (sulfide) groups is 1. The van der Waals surface area contributed by atoms with Crippen molar-refractivity contribution in [3.8, 4) is 0 Å². The van der Waals surface area contributed by atoms with E-state index in [2.05, 4.69) is 27.2 Å². The van der Waals surface area contributed by atoms with E-state index < -0.39 is 0 Å². The Morgan fingerprint density at radius 2 is 2.29 bits per heavy atom. The molecule has 21 heavy (non-hydrogen) atoms. The quantitative estimate of drug-likeness (QED) is 0.647. The zero-order valence-electron chi connectivity index (χ0n) is 12.3. The van der Waals surface area contributed by atoms with E-state index in [1.165, 1.54) is 11.8 Å². The first-order chi connectivity index (χ1) is 10.0. The van der Waals surface area contributed by atoms with Crippen LogP contribution in [0.3, 0.4) is 0 Å². The minimum atomic E-state index is -0.0904. The van der Waals surface area contributed by atoms with E-state index in [1.807, 2.05) is 25.5 Å². The van der Waals surface area contributed by atoms with E-state index in [4.69, 9.17) is 0 Å². The van der Waals surface area contributed by atoms with Crippen LogP contribution >= 0.6 is 11.8 Å². The second kappa shape index (κ2) is 6.57. The Balaban J connectivity index is 1.96. The maximum absolute atomic E-state index is 12.0. The van der Waals surface area contributed by atoms with Crippen LogP contribution in [0.2, 0.25) is 0 Å². The van der Waals surface area contributed by atoms with Gasteiger partial charge in [-0.3, -0.25) is 9.48 Å². The zero-order valence-corrected chi connectivity index (χ0v) is 13.1. The van der Waals surface area contributed by atoms with E-state index in [0.717, 1.165) is 17.1 Å². The van der Waals surface area contributed by atoms with E-state index in [9.17, 15) is 4.79 Å². The Bertz CT molecular complexity index is 660. The van der Waals surface area contributed by atoms with Gasteiger partial charge in [0.25, 0.3) is 0 Å². The molecule has 0 aliphatic carbocycles. The van der Waals surface area contributed by atoms with Gasteiger partial charge in [-0.25, -0.2) is 0 Å². The van der Waals surface area contributed by atoms with E-state index in [0.29, 0.717) is 11.7 Å². The highest BCUT2D eigenvalue weighted by Crippen LogP contribution is 2.20. The van der Waals surface area contributed by atoms with Crippen LogP contribution in [0.1, 0.15) is 11.4 Å². The minimum absolute atomic E-state index is 0.0904. The number of anilines is 1. The number of rotatable bonds is 6. The predicted octanol–water partition coefficient (Wildman–Crippen LogP) is 1.55. The summed E-state index contributed by atoms with van der Waals surface area (Å²) in [5.41, 5.74) is 2.51. The fourth-order valence-corrected chi connectivity index (χ4v) is 2.61. The highest BCUT2D eigenvalue weighted by molar-refractivity contribution is 7.99. The van der Waals surface area contributed by atoms with Crippen molar-refractivity contribution in [1.82, 2.24) is 24.5 Å². The van der Waals surface area contributed by atoms with Crippen LogP contribution in [0.15, 0.2) is 24.1 Å². The molecule has 112 valence electrons. The summed E-state index contributed by atoms with van der Waals surface area (Å²) in [5.74, 6) is 0.177. The second-order valence-electron chi connectivity index (χ2n) is 4.56. The van der Waals surface area contributed by atoms with Crippen molar-refractivity contribution in [3.05, 3.63) is 30.4 Å². The molecule has 8 heteroatoms. The molecule has 0 saturated carbocycles. The maximum Gasteiger partial charge on any atom is 0.234 e. The predicted molar refractivity (Wildman–Crippen MR) is 82.3 cm³/mol. The first-order valence-electron chi connectivity index (χ1n) is 6.44. The molecule has 0 aromatic carbocycles. The number of allylic oxidation sites excluding steroid dienone is 1. The summed E-state index contributed by atoms with van der Waals surface area (Å²) < 4.78 is 3.59. The van der Waals surface area contributed by atoms with Crippen LogP contribution in [0, 0.1) is 13.8 Å². The van der Waals surface area contributed by atoms with Crippen molar-refractivity contribution >= 4 is 23.4 Å². The maximum atomic E-state index is 12.0. The molecule has 0 saturated heterocycles. The fraction of sp³-hybridized carbons (Fsp3) is 0.385. The van der Waals surface area contributed by atoms with Crippen molar-refractivity contribution in [2.75, 3.05) is 11.1 Å². The Labute approximate surface area is 127 Å². The second-order valence-corrected chi connectivity index (χ2v) is 5.50. The summed E-state index contributed by atoms with van der Waals surface area (Å²) in [6.07, 6.45) is 3.38. The van der Waals surface area contributed by atoms with E-state index >= 15 is 0 Å². The zero-order chi connectivity index (χ0) is 15.4. The van der Waals surface area contributed by atoms with Gasteiger partial charge in [0.1, 0.15) is 6.33 Å². The fourth-order valence-electron chi connectivity index (χ4n) is 1.88. The summed E-state index contributed by atoms with van der Waals surface area (Å²) in [6, 6.07) is 0. The normalized spacial score (nSPS) is 10.6. The van der Waals surface area contributed by atoms with Crippen molar-refractivity contribution in [3.63, 3.8) is 0 Å². The molecular weight excluding hydrogens is 288 g/mol. The Hall–Kier alpha value is -2.09. The smallest absolute Gasteiger partial charge is 0.234 e. The Morgan fingerprint density at radius 3 is 2.90 bits per heavy atom. The molecule has 7 nitrogen and oxygen atoms in total. The van der Waals surface area contributed by atoms with Gasteiger partial charge in [0.05, 0.1) is 22.8 Å². The number of carbonyl (C=O) groups excluding carboxylic acids is 1. The number of amides is 1. The van der Waals surface area contributed by atoms with Gasteiger partial charge in [0.2, 0.25) is 5.91 Å². The molecule has 2 aromatic heterocycles. The molecule has 0 spiro atoms. The molecule has 0 fully saturated rings. The lowest BCUT2D eigenvalue weighted by atomic mass is 10.3. The van der Waals surface area contributed by atoms with Gasteiger partial charge >= 0.3 is 0 Å². The third-order valence-electron chi connectivity index (χ3n) is 3.01. The molecule has 0 bridgehead atoms. The highest BCUT2D eigenvalue weighted by atomic mass is 32.2. The van der Waals surface area contributed by atoms with Crippen molar-refractivity contribution in [1.29, 1.82) is 0 Å². The first-order valence-corrected chi connectivity index (χ1v) is 7.43. The molecule has 0 atom stereocenters. The lowest BCUT2D eigenvalue weighted by Gasteiger charge is -2.06. The average Bonchev–Trinajstić information content (AvgIpc) is 2.97. The molecule has 0 unspecified atom stereocenters. The molecule has 2 aromatic rings. The van der Waals surface area contributed by atoms with Crippen molar-refractivity contribution < 1.29 is 4.79 Å². The van der Waals surface area contributed by atoms with Crippen molar-refractivity contribution in [2.45, 2.75) is 25.5 Å². The third kappa shape index (κ3) is 3.52. The minimum Gasteiger partial charge on any atom is -0.322 e. The van der Waals surface area contributed by atoms with Crippen molar-refractivity contribution in [2.24, 2.45) is 7.05 Å². The van der Waals surface area contributed by atoms with Gasteiger partial charge in [-0.05, 0) is 13.8 Å².